The molecule has 0 aromatic heterocycles. The van der Waals surface area contributed by atoms with Crippen molar-refractivity contribution in [3.63, 3.8) is 0 Å². The molecule has 0 amide bonds. The van der Waals surface area contributed by atoms with E-state index in [4.69, 9.17) is 0 Å². The van der Waals surface area contributed by atoms with Gasteiger partial charge in [0, 0.05) is 32.8 Å². The van der Waals surface area contributed by atoms with E-state index in [2.05, 4.69) is 77.7 Å². The van der Waals surface area contributed by atoms with E-state index < -0.39 is 32.8 Å². The smallest absolute Gasteiger partial charge is 0.0495 e. The molecule has 0 aromatic carbocycles. The van der Waals surface area contributed by atoms with E-state index in [9.17, 15) is 0 Å². The molecule has 116 valence electrons. The van der Waals surface area contributed by atoms with Crippen molar-refractivity contribution in [2.45, 2.75) is 68.6 Å². The summed E-state index contributed by atoms with van der Waals surface area (Å²) in [4.78, 5) is 0. The van der Waals surface area contributed by atoms with Gasteiger partial charge in [0.15, 0.2) is 0 Å². The van der Waals surface area contributed by atoms with Crippen molar-refractivity contribution >= 4 is 32.8 Å². The van der Waals surface area contributed by atoms with Gasteiger partial charge in [-0.2, -0.15) is 0 Å². The zero-order chi connectivity index (χ0) is 15.9. The minimum Gasteiger partial charge on any atom is -0.103 e. The summed E-state index contributed by atoms with van der Waals surface area (Å²) in [5.74, 6) is 0.888. The predicted molar refractivity (Wildman–Crippen MR) is 108 cm³/mol. The fourth-order valence-corrected chi connectivity index (χ4v) is 34.9. The van der Waals surface area contributed by atoms with Crippen LogP contribution in [0.25, 0.3) is 0 Å². The Morgan fingerprint density at radius 1 is 1.05 bits per heavy atom. The summed E-state index contributed by atoms with van der Waals surface area (Å²) in [6.07, 6.45) is 4.83. The quantitative estimate of drug-likeness (QED) is 0.482. The minimum atomic E-state index is -1.29. The van der Waals surface area contributed by atoms with Gasteiger partial charge in [0.1, 0.15) is 0 Å². The molecular weight excluding hydrogens is 305 g/mol. The van der Waals surface area contributed by atoms with Gasteiger partial charge in [-0.15, -0.1) is 13.2 Å². The molecule has 3 atom stereocenters. The zero-order valence-corrected chi connectivity index (χ0v) is 19.4. The van der Waals surface area contributed by atoms with Gasteiger partial charge in [-0.3, -0.25) is 0 Å². The standard InChI is InChI=1S/C16H36Si4/c1-11-15-14(13-17(3)4)16(12-2,18(5)6)20(9,10)19(15,7)8/h11-12,14-15,17-18H,1-2,13H2,3-10H3. The highest BCUT2D eigenvalue weighted by Gasteiger charge is 2.68. The largest absolute Gasteiger partial charge is 0.103 e. The van der Waals surface area contributed by atoms with Gasteiger partial charge >= 0.3 is 0 Å². The van der Waals surface area contributed by atoms with Crippen molar-refractivity contribution in [1.29, 1.82) is 0 Å². The summed E-state index contributed by atoms with van der Waals surface area (Å²) in [6.45, 7) is 29.6. The Morgan fingerprint density at radius 3 is 1.85 bits per heavy atom. The van der Waals surface area contributed by atoms with E-state index in [1.807, 2.05) is 0 Å². The normalized spacial score (nSPS) is 35.5. The SMILES string of the molecule is C=CC1C(C[SiH](C)C)C(C=C)([SiH](C)C)[Si](C)(C)[Si]1(C)C. The van der Waals surface area contributed by atoms with Gasteiger partial charge < -0.3 is 0 Å². The molecule has 0 bridgehead atoms. The van der Waals surface area contributed by atoms with Crippen molar-refractivity contribution in [3.05, 3.63) is 25.3 Å². The summed E-state index contributed by atoms with van der Waals surface area (Å²) in [6, 6.07) is 1.50. The molecule has 0 nitrogen and oxygen atoms in total. The van der Waals surface area contributed by atoms with Crippen LogP contribution in [0.5, 0.6) is 0 Å². The van der Waals surface area contributed by atoms with Crippen molar-refractivity contribution in [2.75, 3.05) is 0 Å². The lowest BCUT2D eigenvalue weighted by Gasteiger charge is -2.48. The van der Waals surface area contributed by atoms with E-state index >= 15 is 0 Å². The maximum Gasteiger partial charge on any atom is 0.0495 e. The molecule has 1 heterocycles. The van der Waals surface area contributed by atoms with E-state index in [1.54, 1.807) is 0 Å². The van der Waals surface area contributed by atoms with Crippen molar-refractivity contribution in [3.8, 4) is 0 Å². The van der Waals surface area contributed by atoms with E-state index in [0.29, 0.717) is 4.66 Å². The summed E-state index contributed by atoms with van der Waals surface area (Å²) < 4.78 is 0.554. The molecule has 1 fully saturated rings. The number of allylic oxidation sites excluding steroid dienone is 2. The molecule has 1 rings (SSSR count). The summed E-state index contributed by atoms with van der Waals surface area (Å²) in [5.41, 5.74) is 0.826. The number of hydrogen-bond donors (Lipinski definition) is 0. The topological polar surface area (TPSA) is 0 Å². The molecule has 3 unspecified atom stereocenters. The molecule has 1 aliphatic rings. The average molecular weight is 341 g/mol. The van der Waals surface area contributed by atoms with Crippen molar-refractivity contribution in [1.82, 2.24) is 0 Å². The molecule has 1 aliphatic heterocycles. The molecule has 0 radical (unpaired) electrons. The molecule has 0 spiro atoms. The van der Waals surface area contributed by atoms with Crippen LogP contribution >= 0.6 is 0 Å². The summed E-state index contributed by atoms with van der Waals surface area (Å²) in [5, 5.41) is 0. The maximum atomic E-state index is 4.40. The van der Waals surface area contributed by atoms with Crippen LogP contribution in [0.3, 0.4) is 0 Å². The van der Waals surface area contributed by atoms with Crippen LogP contribution in [0.15, 0.2) is 25.3 Å². The molecule has 0 saturated carbocycles. The lowest BCUT2D eigenvalue weighted by atomic mass is 10.0. The predicted octanol–water partition coefficient (Wildman–Crippen LogP) is 5.11. The Bertz CT molecular complexity index is 384. The second kappa shape index (κ2) is 5.86. The van der Waals surface area contributed by atoms with Gasteiger partial charge in [0.2, 0.25) is 0 Å². The second-order valence-electron chi connectivity index (χ2n) is 8.64. The number of hydrogen-bond acceptors (Lipinski definition) is 0. The van der Waals surface area contributed by atoms with Crippen molar-refractivity contribution < 1.29 is 0 Å². The first kappa shape index (κ1) is 18.4. The lowest BCUT2D eigenvalue weighted by Crippen LogP contribution is -2.60. The minimum absolute atomic E-state index is 0.554. The molecule has 4 heteroatoms. The van der Waals surface area contributed by atoms with E-state index in [0.717, 1.165) is 11.5 Å². The first-order valence-electron chi connectivity index (χ1n) is 8.26. The van der Waals surface area contributed by atoms with Gasteiger partial charge in [-0.1, -0.05) is 70.6 Å². The van der Waals surface area contributed by atoms with E-state index in [-0.39, 0.29) is 0 Å². The Morgan fingerprint density at radius 2 is 1.55 bits per heavy atom. The summed E-state index contributed by atoms with van der Waals surface area (Å²) in [7, 11) is -3.87. The van der Waals surface area contributed by atoms with Gasteiger partial charge in [0.25, 0.3) is 0 Å². The van der Waals surface area contributed by atoms with Crippen LogP contribution < -0.4 is 0 Å². The van der Waals surface area contributed by atoms with Gasteiger partial charge in [0.05, 0.1) is 0 Å². The molecule has 0 N–H and O–H groups in total. The third-order valence-corrected chi connectivity index (χ3v) is 35.9. The Labute approximate surface area is 132 Å². The fourth-order valence-electron chi connectivity index (χ4n) is 5.34. The Balaban J connectivity index is 3.56. The second-order valence-corrected chi connectivity index (χ2v) is 31.6. The van der Waals surface area contributed by atoms with Crippen LogP contribution in [-0.2, 0) is 0 Å². The highest BCUT2D eigenvalue weighted by molar-refractivity contribution is 7.45. The van der Waals surface area contributed by atoms with E-state index in [1.165, 1.54) is 6.04 Å². The Hall–Kier alpha value is 0.348. The third kappa shape index (κ3) is 2.27. The average Bonchev–Trinajstić information content (AvgIpc) is 2.40. The Kier molecular flexibility index (Phi) is 5.39. The molecular formula is C16H36Si4. The molecule has 0 aliphatic carbocycles. The third-order valence-electron chi connectivity index (χ3n) is 6.85. The van der Waals surface area contributed by atoms with Crippen LogP contribution in [0.4, 0.5) is 0 Å². The highest BCUT2D eigenvalue weighted by atomic mass is 29.3. The van der Waals surface area contributed by atoms with Crippen LogP contribution in [-0.4, -0.2) is 32.8 Å². The number of rotatable bonds is 5. The van der Waals surface area contributed by atoms with Gasteiger partial charge in [-0.05, 0) is 16.1 Å². The van der Waals surface area contributed by atoms with Crippen LogP contribution in [0.1, 0.15) is 0 Å². The van der Waals surface area contributed by atoms with Gasteiger partial charge in [-0.25, -0.2) is 0 Å². The van der Waals surface area contributed by atoms with Crippen LogP contribution in [0.2, 0.25) is 68.6 Å². The zero-order valence-electron chi connectivity index (χ0n) is 15.1. The first-order chi connectivity index (χ1) is 9.00. The first-order valence-corrected chi connectivity index (χ1v) is 21.4. The molecule has 1 saturated heterocycles. The fraction of sp³-hybridized carbons (Fsp3) is 0.750. The maximum absolute atomic E-state index is 4.40. The lowest BCUT2D eigenvalue weighted by molar-refractivity contribution is 0.550. The molecule has 20 heavy (non-hydrogen) atoms. The molecule has 0 aromatic rings. The highest BCUT2D eigenvalue weighted by Crippen LogP contribution is 2.67. The van der Waals surface area contributed by atoms with Crippen molar-refractivity contribution in [2.24, 2.45) is 5.92 Å². The monoisotopic (exact) mass is 340 g/mol. The summed E-state index contributed by atoms with van der Waals surface area (Å²) >= 11 is 0. The van der Waals surface area contributed by atoms with Crippen LogP contribution in [0, 0.1) is 5.92 Å².